The number of likely N-dealkylation sites (N-methyl/N-ethyl adjacent to an activating group) is 1. The molecule has 0 bridgehead atoms. The van der Waals surface area contributed by atoms with Gasteiger partial charge in [-0.25, -0.2) is 0 Å². The second-order valence-corrected chi connectivity index (χ2v) is 6.88. The van der Waals surface area contributed by atoms with Gasteiger partial charge in [0.1, 0.15) is 0 Å². The molecule has 0 spiro atoms. The van der Waals surface area contributed by atoms with Gasteiger partial charge in [0.2, 0.25) is 0 Å². The molecule has 1 atom stereocenters. The molecule has 1 heterocycles. The number of guanidine groups is 1. The molecule has 0 aliphatic carbocycles. The van der Waals surface area contributed by atoms with Crippen molar-refractivity contribution in [2.75, 3.05) is 66.3 Å². The summed E-state index contributed by atoms with van der Waals surface area (Å²) >= 11 is 2.09. The molecule has 1 N–H and O–H groups in total. The zero-order valence-corrected chi connectivity index (χ0v) is 14.9. The van der Waals surface area contributed by atoms with Crippen LogP contribution in [0.15, 0.2) is 4.99 Å². The largest absolute Gasteiger partial charge is 0.383 e. The minimum absolute atomic E-state index is 0.748. The van der Waals surface area contributed by atoms with Crippen molar-refractivity contribution in [3.8, 4) is 0 Å². The lowest BCUT2D eigenvalue weighted by Crippen LogP contribution is -2.48. The molecule has 0 radical (unpaired) electrons. The summed E-state index contributed by atoms with van der Waals surface area (Å²) in [5.41, 5.74) is 0. The van der Waals surface area contributed by atoms with Crippen LogP contribution < -0.4 is 5.32 Å². The van der Waals surface area contributed by atoms with E-state index in [-0.39, 0.29) is 0 Å². The highest BCUT2D eigenvalue weighted by Crippen LogP contribution is 2.20. The van der Waals surface area contributed by atoms with E-state index in [1.54, 1.807) is 7.11 Å². The minimum Gasteiger partial charge on any atom is -0.383 e. The average Bonchev–Trinajstić information content (AvgIpc) is 2.53. The Labute approximate surface area is 134 Å². The highest BCUT2D eigenvalue weighted by molar-refractivity contribution is 8.00. The number of hydrogen-bond acceptors (Lipinski definition) is 4. The Kier molecular flexibility index (Phi) is 9.87. The van der Waals surface area contributed by atoms with Crippen LogP contribution in [-0.4, -0.2) is 87.3 Å². The molecule has 21 heavy (non-hydrogen) atoms. The Bertz CT molecular complexity index is 301. The van der Waals surface area contributed by atoms with E-state index in [0.717, 1.165) is 57.0 Å². The number of ether oxygens (including phenoxy) is 1. The van der Waals surface area contributed by atoms with Gasteiger partial charge >= 0.3 is 0 Å². The van der Waals surface area contributed by atoms with Gasteiger partial charge < -0.3 is 19.9 Å². The fourth-order valence-corrected chi connectivity index (χ4v) is 3.58. The fourth-order valence-electron chi connectivity index (χ4n) is 2.40. The Morgan fingerprint density at radius 3 is 2.95 bits per heavy atom. The van der Waals surface area contributed by atoms with Crippen molar-refractivity contribution in [1.82, 2.24) is 15.1 Å². The van der Waals surface area contributed by atoms with Crippen molar-refractivity contribution in [2.45, 2.75) is 25.0 Å². The van der Waals surface area contributed by atoms with Gasteiger partial charge in [0.05, 0.1) is 6.61 Å². The van der Waals surface area contributed by atoms with Crippen LogP contribution in [0.3, 0.4) is 0 Å². The van der Waals surface area contributed by atoms with Crippen molar-refractivity contribution in [1.29, 1.82) is 0 Å². The molecule has 0 amide bonds. The third kappa shape index (κ3) is 7.38. The number of thioether (sulfide) groups is 1. The number of hydrogen-bond donors (Lipinski definition) is 1. The van der Waals surface area contributed by atoms with E-state index in [0.29, 0.717) is 0 Å². The summed E-state index contributed by atoms with van der Waals surface area (Å²) in [6.07, 6.45) is 2.36. The number of nitrogens with one attached hydrogen (secondary N) is 1. The molecule has 5 nitrogen and oxygen atoms in total. The van der Waals surface area contributed by atoms with Crippen molar-refractivity contribution < 1.29 is 4.74 Å². The topological polar surface area (TPSA) is 40.1 Å². The molecule has 0 aromatic heterocycles. The molecule has 0 saturated carbocycles. The highest BCUT2D eigenvalue weighted by atomic mass is 32.2. The van der Waals surface area contributed by atoms with Crippen molar-refractivity contribution in [2.24, 2.45) is 4.99 Å². The summed E-state index contributed by atoms with van der Waals surface area (Å²) in [7, 11) is 5.77. The Balaban J connectivity index is 2.22. The van der Waals surface area contributed by atoms with E-state index in [1.807, 2.05) is 7.05 Å². The maximum atomic E-state index is 5.09. The molecular weight excluding hydrogens is 284 g/mol. The van der Waals surface area contributed by atoms with Crippen LogP contribution in [0, 0.1) is 0 Å². The summed E-state index contributed by atoms with van der Waals surface area (Å²) in [6, 6.07) is 0. The monoisotopic (exact) mass is 316 g/mol. The summed E-state index contributed by atoms with van der Waals surface area (Å²) < 4.78 is 5.09. The van der Waals surface area contributed by atoms with Crippen LogP contribution in [0.2, 0.25) is 0 Å². The van der Waals surface area contributed by atoms with E-state index >= 15 is 0 Å². The first-order chi connectivity index (χ1) is 10.2. The molecule has 1 fully saturated rings. The highest BCUT2D eigenvalue weighted by Gasteiger charge is 2.21. The Morgan fingerprint density at radius 1 is 1.48 bits per heavy atom. The second kappa shape index (κ2) is 11.2. The molecule has 1 rings (SSSR count). The molecule has 6 heteroatoms. The van der Waals surface area contributed by atoms with Gasteiger partial charge in [0.15, 0.2) is 5.96 Å². The molecule has 124 valence electrons. The summed E-state index contributed by atoms with van der Waals surface area (Å²) in [6.45, 7) is 8.35. The van der Waals surface area contributed by atoms with E-state index in [2.05, 4.69) is 45.8 Å². The molecule has 1 unspecified atom stereocenters. The Morgan fingerprint density at radius 2 is 2.29 bits per heavy atom. The van der Waals surface area contributed by atoms with Crippen LogP contribution in [0.4, 0.5) is 0 Å². The lowest BCUT2D eigenvalue weighted by molar-refractivity contribution is 0.161. The molecule has 0 aromatic rings. The molecule has 1 saturated heterocycles. The molecular formula is C15H32N4OS. The number of methoxy groups -OCH3 is 1. The van der Waals surface area contributed by atoms with Crippen LogP contribution in [0.1, 0.15) is 19.8 Å². The first-order valence-corrected chi connectivity index (χ1v) is 9.00. The van der Waals surface area contributed by atoms with Crippen LogP contribution in [0.5, 0.6) is 0 Å². The molecule has 1 aliphatic heterocycles. The first-order valence-electron chi connectivity index (χ1n) is 7.96. The van der Waals surface area contributed by atoms with Gasteiger partial charge in [0.25, 0.3) is 0 Å². The lowest BCUT2D eigenvalue weighted by atomic mass is 10.3. The summed E-state index contributed by atoms with van der Waals surface area (Å²) in [5, 5.41) is 4.25. The fraction of sp³-hybridized carbons (Fsp3) is 0.933. The third-order valence-corrected chi connectivity index (χ3v) is 5.15. The quantitative estimate of drug-likeness (QED) is 0.416. The predicted octanol–water partition coefficient (Wildman–Crippen LogP) is 1.36. The number of rotatable bonds is 8. The van der Waals surface area contributed by atoms with Gasteiger partial charge in [-0.3, -0.25) is 4.99 Å². The summed E-state index contributed by atoms with van der Waals surface area (Å²) in [5.74, 6) is 2.27. The van der Waals surface area contributed by atoms with E-state index in [4.69, 9.17) is 4.74 Å². The SMILES string of the molecule is CCC1CN(C(=NC)NCCCN(C)CCOC)CCS1. The van der Waals surface area contributed by atoms with E-state index in [9.17, 15) is 0 Å². The maximum Gasteiger partial charge on any atom is 0.193 e. The van der Waals surface area contributed by atoms with Gasteiger partial charge in [-0.2, -0.15) is 11.8 Å². The number of nitrogens with zero attached hydrogens (tertiary/aromatic N) is 3. The standard InChI is InChI=1S/C15H32N4OS/c1-5-14-13-19(10-12-21-14)15(16-2)17-7-6-8-18(3)9-11-20-4/h14H,5-13H2,1-4H3,(H,16,17). The van der Waals surface area contributed by atoms with Crippen LogP contribution >= 0.6 is 11.8 Å². The number of aliphatic imine (C=N–C) groups is 1. The molecule has 1 aliphatic rings. The second-order valence-electron chi connectivity index (χ2n) is 5.47. The average molecular weight is 317 g/mol. The van der Waals surface area contributed by atoms with Crippen LogP contribution in [-0.2, 0) is 4.74 Å². The lowest BCUT2D eigenvalue weighted by Gasteiger charge is -2.34. The van der Waals surface area contributed by atoms with Gasteiger partial charge in [-0.1, -0.05) is 6.92 Å². The van der Waals surface area contributed by atoms with Crippen LogP contribution in [0.25, 0.3) is 0 Å². The van der Waals surface area contributed by atoms with Gasteiger partial charge in [0, 0.05) is 51.3 Å². The van der Waals surface area contributed by atoms with Gasteiger partial charge in [-0.05, 0) is 26.4 Å². The normalized spacial score (nSPS) is 20.1. The minimum atomic E-state index is 0.748. The third-order valence-electron chi connectivity index (χ3n) is 3.78. The maximum absolute atomic E-state index is 5.09. The predicted molar refractivity (Wildman–Crippen MR) is 93.5 cm³/mol. The van der Waals surface area contributed by atoms with Crippen molar-refractivity contribution in [3.63, 3.8) is 0 Å². The van der Waals surface area contributed by atoms with Crippen molar-refractivity contribution >= 4 is 17.7 Å². The van der Waals surface area contributed by atoms with E-state index < -0.39 is 0 Å². The first kappa shape index (κ1) is 18.6. The summed E-state index contributed by atoms with van der Waals surface area (Å²) in [4.78, 5) is 9.14. The molecule has 0 aromatic carbocycles. The van der Waals surface area contributed by atoms with Crippen molar-refractivity contribution in [3.05, 3.63) is 0 Å². The zero-order chi connectivity index (χ0) is 15.5. The zero-order valence-electron chi connectivity index (χ0n) is 14.1. The smallest absolute Gasteiger partial charge is 0.193 e. The van der Waals surface area contributed by atoms with E-state index in [1.165, 1.54) is 12.2 Å². The Hall–Kier alpha value is -0.460. The van der Waals surface area contributed by atoms with Gasteiger partial charge in [-0.15, -0.1) is 0 Å².